The zero-order valence-corrected chi connectivity index (χ0v) is 11.4. The summed E-state index contributed by atoms with van der Waals surface area (Å²) >= 11 is 12.1. The molecular weight excluding hydrogens is 243 g/mol. The molecule has 0 aliphatic heterocycles. The molecule has 0 heterocycles. The van der Waals surface area contributed by atoms with E-state index in [1.165, 1.54) is 0 Å². The van der Waals surface area contributed by atoms with E-state index in [-0.39, 0.29) is 17.9 Å². The zero-order valence-electron chi connectivity index (χ0n) is 9.93. The van der Waals surface area contributed by atoms with Gasteiger partial charge in [-0.05, 0) is 29.4 Å². The fourth-order valence-electron chi connectivity index (χ4n) is 1.62. The van der Waals surface area contributed by atoms with Crippen molar-refractivity contribution < 1.29 is 5.11 Å². The van der Waals surface area contributed by atoms with Gasteiger partial charge in [0.05, 0.1) is 10.0 Å². The van der Waals surface area contributed by atoms with Gasteiger partial charge < -0.3 is 5.11 Å². The van der Waals surface area contributed by atoms with Crippen LogP contribution in [0.4, 0.5) is 0 Å². The predicted molar refractivity (Wildman–Crippen MR) is 70.2 cm³/mol. The lowest BCUT2D eigenvalue weighted by Crippen LogP contribution is -2.26. The van der Waals surface area contributed by atoms with Crippen LogP contribution in [0.25, 0.3) is 0 Å². The third kappa shape index (κ3) is 3.38. The second kappa shape index (κ2) is 5.39. The molecule has 0 amide bonds. The Morgan fingerprint density at radius 2 is 1.88 bits per heavy atom. The summed E-state index contributed by atoms with van der Waals surface area (Å²) in [6.07, 6.45) is 0.749. The smallest absolute Gasteiger partial charge is 0.0624 e. The highest BCUT2D eigenvalue weighted by molar-refractivity contribution is 6.42. The Labute approximate surface area is 107 Å². The Bertz CT molecular complexity index is 355. The van der Waals surface area contributed by atoms with Crippen molar-refractivity contribution in [2.45, 2.75) is 27.2 Å². The van der Waals surface area contributed by atoms with E-state index >= 15 is 0 Å². The number of aliphatic hydroxyl groups is 1. The van der Waals surface area contributed by atoms with E-state index < -0.39 is 0 Å². The van der Waals surface area contributed by atoms with E-state index in [0.29, 0.717) is 10.0 Å². The quantitative estimate of drug-likeness (QED) is 0.864. The summed E-state index contributed by atoms with van der Waals surface area (Å²) in [6, 6.07) is 5.63. The summed E-state index contributed by atoms with van der Waals surface area (Å²) in [5.41, 5.74) is 1.06. The van der Waals surface area contributed by atoms with Crippen LogP contribution in [0.5, 0.6) is 0 Å². The van der Waals surface area contributed by atoms with Crippen LogP contribution >= 0.6 is 23.2 Å². The highest BCUT2D eigenvalue weighted by Gasteiger charge is 2.24. The minimum Gasteiger partial charge on any atom is -0.396 e. The van der Waals surface area contributed by atoms with Gasteiger partial charge in [0.15, 0.2) is 0 Å². The summed E-state index contributed by atoms with van der Waals surface area (Å²) in [7, 11) is 0. The minimum absolute atomic E-state index is 0.0559. The molecular formula is C13H18Cl2O. The first-order chi connectivity index (χ1) is 7.36. The van der Waals surface area contributed by atoms with Gasteiger partial charge in [-0.15, -0.1) is 0 Å². The Morgan fingerprint density at radius 1 is 1.25 bits per heavy atom. The molecule has 0 radical (unpaired) electrons. The van der Waals surface area contributed by atoms with Crippen molar-refractivity contribution >= 4 is 23.2 Å². The average molecular weight is 261 g/mol. The molecule has 1 N–H and O–H groups in total. The maximum absolute atomic E-state index is 9.41. The topological polar surface area (TPSA) is 20.2 Å². The summed E-state index contributed by atoms with van der Waals surface area (Å²) in [5, 5.41) is 10.6. The molecule has 1 unspecified atom stereocenters. The first-order valence-corrected chi connectivity index (χ1v) is 6.15. The van der Waals surface area contributed by atoms with Crippen LogP contribution < -0.4 is 0 Å². The normalized spacial score (nSPS) is 13.9. The van der Waals surface area contributed by atoms with Crippen LogP contribution in [0, 0.1) is 11.3 Å². The molecule has 0 fully saturated rings. The van der Waals surface area contributed by atoms with Gasteiger partial charge in [0.2, 0.25) is 0 Å². The van der Waals surface area contributed by atoms with Crippen LogP contribution in [0.1, 0.15) is 26.3 Å². The number of hydrogen-bond donors (Lipinski definition) is 1. The summed E-state index contributed by atoms with van der Waals surface area (Å²) in [5.74, 6) is 0.184. The summed E-state index contributed by atoms with van der Waals surface area (Å²) in [6.45, 7) is 6.51. The van der Waals surface area contributed by atoms with Crippen molar-refractivity contribution in [2.75, 3.05) is 6.61 Å². The van der Waals surface area contributed by atoms with E-state index in [0.717, 1.165) is 12.0 Å². The highest BCUT2D eigenvalue weighted by atomic mass is 35.5. The Balaban J connectivity index is 2.91. The van der Waals surface area contributed by atoms with Gasteiger partial charge in [-0.25, -0.2) is 0 Å². The van der Waals surface area contributed by atoms with Crippen LogP contribution in [-0.2, 0) is 6.42 Å². The highest BCUT2D eigenvalue weighted by Crippen LogP contribution is 2.33. The SMILES string of the molecule is CC(C)(C)C(CO)Cc1cccc(Cl)c1Cl. The molecule has 3 heteroatoms. The van der Waals surface area contributed by atoms with E-state index in [9.17, 15) is 5.11 Å². The van der Waals surface area contributed by atoms with E-state index in [1.807, 2.05) is 12.1 Å². The molecule has 0 saturated carbocycles. The molecule has 90 valence electrons. The van der Waals surface area contributed by atoms with Gasteiger partial charge in [-0.2, -0.15) is 0 Å². The average Bonchev–Trinajstić information content (AvgIpc) is 2.18. The van der Waals surface area contributed by atoms with Crippen LogP contribution in [0.3, 0.4) is 0 Å². The van der Waals surface area contributed by atoms with Gasteiger partial charge in [-0.3, -0.25) is 0 Å². The standard InChI is InChI=1S/C13H18Cl2O/c1-13(2,3)10(8-16)7-9-5-4-6-11(14)12(9)15/h4-6,10,16H,7-8H2,1-3H3. The summed E-state index contributed by atoms with van der Waals surface area (Å²) < 4.78 is 0. The zero-order chi connectivity index (χ0) is 12.3. The summed E-state index contributed by atoms with van der Waals surface area (Å²) in [4.78, 5) is 0. The van der Waals surface area contributed by atoms with Crippen molar-refractivity contribution in [3.63, 3.8) is 0 Å². The Morgan fingerprint density at radius 3 is 2.38 bits per heavy atom. The number of hydrogen-bond acceptors (Lipinski definition) is 1. The molecule has 0 saturated heterocycles. The van der Waals surface area contributed by atoms with Crippen LogP contribution in [0.2, 0.25) is 10.0 Å². The first-order valence-electron chi connectivity index (χ1n) is 5.40. The number of halogens is 2. The van der Waals surface area contributed by atoms with Crippen molar-refractivity contribution in [3.05, 3.63) is 33.8 Å². The lowest BCUT2D eigenvalue weighted by atomic mass is 9.78. The molecule has 16 heavy (non-hydrogen) atoms. The van der Waals surface area contributed by atoms with E-state index in [4.69, 9.17) is 23.2 Å². The van der Waals surface area contributed by atoms with E-state index in [2.05, 4.69) is 20.8 Å². The van der Waals surface area contributed by atoms with Crippen molar-refractivity contribution in [1.29, 1.82) is 0 Å². The molecule has 1 rings (SSSR count). The van der Waals surface area contributed by atoms with Gasteiger partial charge in [0.25, 0.3) is 0 Å². The second-order valence-electron chi connectivity index (χ2n) is 5.16. The van der Waals surface area contributed by atoms with Gasteiger partial charge in [0, 0.05) is 6.61 Å². The largest absolute Gasteiger partial charge is 0.396 e. The lowest BCUT2D eigenvalue weighted by Gasteiger charge is -2.29. The predicted octanol–water partition coefficient (Wildman–Crippen LogP) is 4.19. The lowest BCUT2D eigenvalue weighted by molar-refractivity contribution is 0.131. The maximum atomic E-state index is 9.41. The molecule has 0 aliphatic rings. The van der Waals surface area contributed by atoms with Crippen LogP contribution in [0.15, 0.2) is 18.2 Å². The monoisotopic (exact) mass is 260 g/mol. The molecule has 0 aliphatic carbocycles. The van der Waals surface area contributed by atoms with Gasteiger partial charge >= 0.3 is 0 Å². The van der Waals surface area contributed by atoms with E-state index in [1.54, 1.807) is 6.07 Å². The third-order valence-corrected chi connectivity index (χ3v) is 3.80. The number of rotatable bonds is 3. The minimum atomic E-state index is 0.0559. The molecule has 0 bridgehead atoms. The number of aliphatic hydroxyl groups excluding tert-OH is 1. The fourth-order valence-corrected chi connectivity index (χ4v) is 2.01. The Kier molecular flexibility index (Phi) is 4.66. The van der Waals surface area contributed by atoms with Gasteiger partial charge in [-0.1, -0.05) is 56.1 Å². The molecule has 1 aromatic rings. The molecule has 1 nitrogen and oxygen atoms in total. The van der Waals surface area contributed by atoms with Crippen molar-refractivity contribution in [2.24, 2.45) is 11.3 Å². The molecule has 0 aromatic heterocycles. The molecule has 0 spiro atoms. The number of benzene rings is 1. The molecule has 1 atom stereocenters. The van der Waals surface area contributed by atoms with Crippen molar-refractivity contribution in [3.8, 4) is 0 Å². The molecule has 1 aromatic carbocycles. The second-order valence-corrected chi connectivity index (χ2v) is 5.95. The third-order valence-electron chi connectivity index (χ3n) is 2.94. The fraction of sp³-hybridized carbons (Fsp3) is 0.538. The Hall–Kier alpha value is -0.240. The first kappa shape index (κ1) is 13.8. The van der Waals surface area contributed by atoms with Gasteiger partial charge in [0.1, 0.15) is 0 Å². The van der Waals surface area contributed by atoms with Crippen LogP contribution in [-0.4, -0.2) is 11.7 Å². The maximum Gasteiger partial charge on any atom is 0.0624 e. The van der Waals surface area contributed by atoms with Crippen molar-refractivity contribution in [1.82, 2.24) is 0 Å².